The van der Waals surface area contributed by atoms with E-state index in [1.807, 2.05) is 42.5 Å². The van der Waals surface area contributed by atoms with E-state index in [2.05, 4.69) is 28.7 Å². The van der Waals surface area contributed by atoms with Crippen LogP contribution in [0, 0.1) is 11.3 Å². The van der Waals surface area contributed by atoms with Crippen LogP contribution in [-0.4, -0.2) is 62.2 Å². The maximum absolute atomic E-state index is 13.0. The fourth-order valence-corrected chi connectivity index (χ4v) is 4.24. The number of likely N-dealkylation sites (N-methyl/N-ethyl adjacent to an activating group) is 1. The Hall–Kier alpha value is -3.29. The van der Waals surface area contributed by atoms with Crippen LogP contribution in [0.2, 0.25) is 0 Å². The van der Waals surface area contributed by atoms with Gasteiger partial charge in [0, 0.05) is 49.8 Å². The summed E-state index contributed by atoms with van der Waals surface area (Å²) in [7, 11) is 2.12. The molecule has 35 heavy (non-hydrogen) atoms. The van der Waals surface area contributed by atoms with E-state index in [9.17, 15) is 9.59 Å². The number of piperazine rings is 1. The third-order valence-electron chi connectivity index (χ3n) is 6.52. The molecule has 4 N–H and O–H groups in total. The molecule has 0 bridgehead atoms. The van der Waals surface area contributed by atoms with Crippen molar-refractivity contribution in [3.8, 4) is 0 Å². The number of nitrogens with zero attached hydrogens (tertiary/aromatic N) is 2. The van der Waals surface area contributed by atoms with Gasteiger partial charge in [0.05, 0.1) is 0 Å². The number of ketones is 1. The third-order valence-corrected chi connectivity index (χ3v) is 6.52. The van der Waals surface area contributed by atoms with Crippen molar-refractivity contribution in [3.63, 3.8) is 0 Å². The largest absolute Gasteiger partial charge is 0.369 e. The van der Waals surface area contributed by atoms with E-state index in [-0.39, 0.29) is 23.4 Å². The van der Waals surface area contributed by atoms with Gasteiger partial charge in [-0.3, -0.25) is 15.0 Å². The van der Waals surface area contributed by atoms with Gasteiger partial charge >= 0.3 is 0 Å². The van der Waals surface area contributed by atoms with Crippen LogP contribution in [0.4, 0.5) is 5.69 Å². The molecule has 7 heteroatoms. The first-order chi connectivity index (χ1) is 16.9. The summed E-state index contributed by atoms with van der Waals surface area (Å²) in [5.41, 5.74) is 8.66. The zero-order valence-corrected chi connectivity index (χ0v) is 20.6. The molecule has 1 heterocycles. The molecule has 1 amide bonds. The maximum atomic E-state index is 13.0. The maximum Gasteiger partial charge on any atom is 0.256 e. The average molecular weight is 476 g/mol. The van der Waals surface area contributed by atoms with Gasteiger partial charge in [-0.25, -0.2) is 0 Å². The van der Waals surface area contributed by atoms with Crippen LogP contribution in [0.15, 0.2) is 66.7 Å². The van der Waals surface area contributed by atoms with E-state index in [4.69, 9.17) is 11.1 Å². The summed E-state index contributed by atoms with van der Waals surface area (Å²) in [5, 5.41) is 11.0. The first kappa shape index (κ1) is 26.3. The Bertz CT molecular complexity index is 1010. The molecule has 7 nitrogen and oxygen atoms in total. The molecule has 2 aromatic carbocycles. The predicted octanol–water partition coefficient (Wildman–Crippen LogP) is 3.26. The lowest BCUT2D eigenvalue weighted by molar-refractivity contribution is -0.122. The fraction of sp³-hybridized carbons (Fsp3) is 0.393. The number of amidine groups is 1. The van der Waals surface area contributed by atoms with Crippen LogP contribution in [-0.2, 0) is 11.2 Å². The number of hydrogen-bond acceptors (Lipinski definition) is 6. The standard InChI is InChI=1S/C28H37N5O2/c1-21(19-24(9-6-14-29)26(34)20-22-7-4-3-5-8-22)27(30)31-28(35)23-10-12-25(13-11-23)33-17-15-32(2)16-18-33/h3-5,7-8,10-13,24H,1,6,9,14-20,29H2,2H3,(H2,30,31,35). The zero-order valence-electron chi connectivity index (χ0n) is 20.6. The molecule has 186 valence electrons. The molecule has 0 radical (unpaired) electrons. The van der Waals surface area contributed by atoms with E-state index in [0.29, 0.717) is 36.9 Å². The number of anilines is 1. The second kappa shape index (κ2) is 13.0. The summed E-state index contributed by atoms with van der Waals surface area (Å²) in [6, 6.07) is 17.1. The lowest BCUT2D eigenvalue weighted by Crippen LogP contribution is -2.44. The van der Waals surface area contributed by atoms with Crippen molar-refractivity contribution >= 4 is 23.2 Å². The number of Topliss-reactive ketones (excluding diaryl/α,β-unsaturated/α-hetero) is 1. The normalized spacial score (nSPS) is 14.9. The summed E-state index contributed by atoms with van der Waals surface area (Å²) >= 11 is 0. The number of hydrogen-bond donors (Lipinski definition) is 3. The van der Waals surface area contributed by atoms with Crippen molar-refractivity contribution < 1.29 is 9.59 Å². The number of nitrogens with two attached hydrogens (primary N) is 1. The smallest absolute Gasteiger partial charge is 0.256 e. The molecule has 1 aliphatic heterocycles. The van der Waals surface area contributed by atoms with Crippen molar-refractivity contribution in [2.24, 2.45) is 11.7 Å². The van der Waals surface area contributed by atoms with E-state index in [1.54, 1.807) is 12.1 Å². The zero-order chi connectivity index (χ0) is 25.2. The number of nitrogens with one attached hydrogen (secondary N) is 2. The van der Waals surface area contributed by atoms with Gasteiger partial charge in [0.2, 0.25) is 0 Å². The molecular formula is C28H37N5O2. The average Bonchev–Trinajstić information content (AvgIpc) is 2.87. The molecule has 1 atom stereocenters. The van der Waals surface area contributed by atoms with Crippen molar-refractivity contribution in [2.45, 2.75) is 25.7 Å². The summed E-state index contributed by atoms with van der Waals surface area (Å²) < 4.78 is 0. The molecule has 1 aliphatic rings. The lowest BCUT2D eigenvalue weighted by Gasteiger charge is -2.34. The Kier molecular flexibility index (Phi) is 9.76. The Balaban J connectivity index is 1.55. The van der Waals surface area contributed by atoms with Crippen LogP contribution >= 0.6 is 0 Å². The van der Waals surface area contributed by atoms with Gasteiger partial charge in [-0.2, -0.15) is 0 Å². The van der Waals surface area contributed by atoms with Crippen molar-refractivity contribution in [1.82, 2.24) is 10.2 Å². The van der Waals surface area contributed by atoms with Crippen molar-refractivity contribution in [3.05, 3.63) is 77.9 Å². The molecule has 0 aliphatic carbocycles. The summed E-state index contributed by atoms with van der Waals surface area (Å²) in [6.45, 7) is 8.44. The minimum atomic E-state index is -0.352. The Morgan fingerprint density at radius 3 is 2.34 bits per heavy atom. The van der Waals surface area contributed by atoms with Crippen LogP contribution in [0.5, 0.6) is 0 Å². The van der Waals surface area contributed by atoms with Crippen molar-refractivity contribution in [2.75, 3.05) is 44.7 Å². The van der Waals surface area contributed by atoms with Crippen LogP contribution < -0.4 is 16.0 Å². The first-order valence-electron chi connectivity index (χ1n) is 12.3. The topological polar surface area (TPSA) is 103 Å². The predicted molar refractivity (Wildman–Crippen MR) is 142 cm³/mol. The number of rotatable bonds is 11. The highest BCUT2D eigenvalue weighted by molar-refractivity contribution is 6.11. The molecule has 1 fully saturated rings. The first-order valence-corrected chi connectivity index (χ1v) is 12.3. The molecule has 0 aromatic heterocycles. The van der Waals surface area contributed by atoms with E-state index in [1.165, 1.54) is 0 Å². The van der Waals surface area contributed by atoms with Crippen LogP contribution in [0.3, 0.4) is 0 Å². The monoisotopic (exact) mass is 475 g/mol. The highest BCUT2D eigenvalue weighted by atomic mass is 16.1. The van der Waals surface area contributed by atoms with E-state index < -0.39 is 0 Å². The molecule has 0 spiro atoms. The Labute approximate surface area is 208 Å². The van der Waals surface area contributed by atoms with Gasteiger partial charge in [-0.05, 0) is 68.3 Å². The minimum absolute atomic E-state index is 0.0524. The number of carbonyl (C=O) groups excluding carboxylic acids is 2. The SMILES string of the molecule is C=C(CC(CCCN)C(=O)Cc1ccccc1)C(=N)NC(=O)c1ccc(N2CCN(C)CC2)cc1. The summed E-state index contributed by atoms with van der Waals surface area (Å²) in [6.07, 6.45) is 2.02. The molecule has 2 aromatic rings. The second-order valence-electron chi connectivity index (χ2n) is 9.23. The highest BCUT2D eigenvalue weighted by Gasteiger charge is 2.22. The number of benzene rings is 2. The third kappa shape index (κ3) is 7.87. The molecular weight excluding hydrogens is 438 g/mol. The Morgan fingerprint density at radius 2 is 1.71 bits per heavy atom. The number of carbonyl (C=O) groups is 2. The molecule has 1 unspecified atom stereocenters. The van der Waals surface area contributed by atoms with E-state index in [0.717, 1.165) is 43.9 Å². The minimum Gasteiger partial charge on any atom is -0.369 e. The van der Waals surface area contributed by atoms with Gasteiger partial charge in [0.1, 0.15) is 11.6 Å². The molecule has 0 saturated carbocycles. The van der Waals surface area contributed by atoms with Crippen LogP contribution in [0.25, 0.3) is 0 Å². The highest BCUT2D eigenvalue weighted by Crippen LogP contribution is 2.21. The molecule has 1 saturated heterocycles. The quantitative estimate of drug-likeness (QED) is 0.342. The van der Waals surface area contributed by atoms with Gasteiger partial charge in [0.25, 0.3) is 5.91 Å². The summed E-state index contributed by atoms with van der Waals surface area (Å²) in [5.74, 6) is -0.589. The summed E-state index contributed by atoms with van der Waals surface area (Å²) in [4.78, 5) is 30.3. The van der Waals surface area contributed by atoms with Gasteiger partial charge in [-0.15, -0.1) is 0 Å². The lowest BCUT2D eigenvalue weighted by atomic mass is 9.88. The Morgan fingerprint density at radius 1 is 1.06 bits per heavy atom. The van der Waals surface area contributed by atoms with Gasteiger partial charge < -0.3 is 20.9 Å². The van der Waals surface area contributed by atoms with Crippen molar-refractivity contribution in [1.29, 1.82) is 5.41 Å². The second-order valence-corrected chi connectivity index (χ2v) is 9.23. The van der Waals surface area contributed by atoms with E-state index >= 15 is 0 Å². The van der Waals surface area contributed by atoms with Crippen LogP contribution in [0.1, 0.15) is 35.2 Å². The number of amides is 1. The fourth-order valence-electron chi connectivity index (χ4n) is 4.24. The van der Waals surface area contributed by atoms with Gasteiger partial charge in [-0.1, -0.05) is 36.9 Å². The van der Waals surface area contributed by atoms with Gasteiger partial charge in [0.15, 0.2) is 0 Å². The molecule has 3 rings (SSSR count).